The molecule has 0 bridgehead atoms. The van der Waals surface area contributed by atoms with Crippen LogP contribution in [0, 0.1) is 5.82 Å². The normalized spacial score (nSPS) is 12.9. The van der Waals surface area contributed by atoms with Crippen LogP contribution in [0.25, 0.3) is 21.1 Å². The molecule has 2 atom stereocenters. The summed E-state index contributed by atoms with van der Waals surface area (Å²) in [6.45, 7) is 5.57. The molecule has 3 aromatic rings. The van der Waals surface area contributed by atoms with Crippen LogP contribution in [0.2, 0.25) is 5.02 Å². The van der Waals surface area contributed by atoms with Gasteiger partial charge in [0.15, 0.2) is 11.6 Å². The standard InChI is InChI=1S/C20H23ClFN5O2S.ClH/c1-10(2)25-18-5-4-12(8-24-18)19-26-27-20(30-19)13-6-15(22)17(7-14(13)21)29-9-16(23)11(3)28;/h4-8,10-11,16,28H,9,23H2,1-3H3,(H,24,25);1H/t11-,16+;/m0./s1. The third-order valence-corrected chi connectivity index (χ3v) is 5.49. The van der Waals surface area contributed by atoms with Crippen molar-refractivity contribution in [3.05, 3.63) is 41.3 Å². The SMILES string of the molecule is CC(C)Nc1ccc(-c2nnc(-c3cc(F)c(OC[C@@H](N)[C@H](C)O)cc3Cl)s2)cn1.Cl. The van der Waals surface area contributed by atoms with E-state index in [4.69, 9.17) is 22.1 Å². The van der Waals surface area contributed by atoms with Crippen LogP contribution in [0.4, 0.5) is 10.2 Å². The first-order chi connectivity index (χ1) is 14.2. The molecule has 0 saturated heterocycles. The molecule has 0 aliphatic carbocycles. The molecular formula is C20H24Cl2FN5O2S. The second kappa shape index (κ2) is 11.0. The number of hydrogen-bond donors (Lipinski definition) is 3. The van der Waals surface area contributed by atoms with E-state index in [9.17, 15) is 9.50 Å². The van der Waals surface area contributed by atoms with E-state index in [-0.39, 0.29) is 35.8 Å². The van der Waals surface area contributed by atoms with Gasteiger partial charge >= 0.3 is 0 Å². The maximum Gasteiger partial charge on any atom is 0.165 e. The molecule has 7 nitrogen and oxygen atoms in total. The minimum absolute atomic E-state index is 0. The fraction of sp³-hybridized carbons (Fsp3) is 0.350. The minimum atomic E-state index is -0.771. The van der Waals surface area contributed by atoms with Crippen LogP contribution in [0.5, 0.6) is 5.75 Å². The Bertz CT molecular complexity index is 1000. The zero-order chi connectivity index (χ0) is 21.8. The molecule has 11 heteroatoms. The number of hydrogen-bond acceptors (Lipinski definition) is 8. The summed E-state index contributed by atoms with van der Waals surface area (Å²) in [5.74, 6) is 0.131. The number of rotatable bonds is 8. The molecule has 0 amide bonds. The fourth-order valence-electron chi connectivity index (χ4n) is 2.48. The van der Waals surface area contributed by atoms with E-state index < -0.39 is 18.0 Å². The number of nitrogens with one attached hydrogen (secondary N) is 1. The van der Waals surface area contributed by atoms with Gasteiger partial charge in [0.1, 0.15) is 22.4 Å². The van der Waals surface area contributed by atoms with Gasteiger partial charge in [-0.25, -0.2) is 9.37 Å². The summed E-state index contributed by atoms with van der Waals surface area (Å²) < 4.78 is 19.9. The lowest BCUT2D eigenvalue weighted by atomic mass is 10.2. The third-order valence-electron chi connectivity index (χ3n) is 4.17. The molecule has 0 saturated carbocycles. The van der Waals surface area contributed by atoms with E-state index >= 15 is 0 Å². The maximum atomic E-state index is 14.5. The van der Waals surface area contributed by atoms with Gasteiger partial charge in [-0.1, -0.05) is 22.9 Å². The zero-order valence-corrected chi connectivity index (χ0v) is 19.6. The number of benzene rings is 1. The van der Waals surface area contributed by atoms with Crippen molar-refractivity contribution in [3.63, 3.8) is 0 Å². The molecular weight excluding hydrogens is 464 g/mol. The van der Waals surface area contributed by atoms with E-state index in [2.05, 4.69) is 20.5 Å². The molecule has 0 radical (unpaired) electrons. The van der Waals surface area contributed by atoms with Gasteiger partial charge in [0.2, 0.25) is 0 Å². The van der Waals surface area contributed by atoms with Crippen LogP contribution < -0.4 is 15.8 Å². The number of halogens is 3. The predicted octanol–water partition coefficient (Wildman–Crippen LogP) is 4.39. The first-order valence-corrected chi connectivity index (χ1v) is 10.6. The molecule has 4 N–H and O–H groups in total. The van der Waals surface area contributed by atoms with Crippen molar-refractivity contribution in [2.45, 2.75) is 39.0 Å². The highest BCUT2D eigenvalue weighted by atomic mass is 35.5. The number of pyridine rings is 1. The number of aliphatic hydroxyl groups is 1. The summed E-state index contributed by atoms with van der Waals surface area (Å²) in [7, 11) is 0. The van der Waals surface area contributed by atoms with Crippen LogP contribution in [0.1, 0.15) is 20.8 Å². The topological polar surface area (TPSA) is 106 Å². The largest absolute Gasteiger partial charge is 0.489 e. The Balaban J connectivity index is 0.00000341. The molecule has 3 rings (SSSR count). The lowest BCUT2D eigenvalue weighted by Gasteiger charge is -2.16. The Morgan fingerprint density at radius 3 is 2.55 bits per heavy atom. The molecule has 0 unspecified atom stereocenters. The first-order valence-electron chi connectivity index (χ1n) is 9.37. The third kappa shape index (κ3) is 6.47. The quantitative estimate of drug-likeness (QED) is 0.432. The van der Waals surface area contributed by atoms with Gasteiger partial charge < -0.3 is 20.9 Å². The smallest absolute Gasteiger partial charge is 0.165 e. The van der Waals surface area contributed by atoms with Crippen molar-refractivity contribution in [2.24, 2.45) is 5.73 Å². The molecule has 1 aromatic carbocycles. The van der Waals surface area contributed by atoms with Crippen molar-refractivity contribution < 1.29 is 14.2 Å². The van der Waals surface area contributed by atoms with Crippen molar-refractivity contribution >= 4 is 41.2 Å². The summed E-state index contributed by atoms with van der Waals surface area (Å²) in [5.41, 5.74) is 6.92. The predicted molar refractivity (Wildman–Crippen MR) is 125 cm³/mol. The van der Waals surface area contributed by atoms with Crippen LogP contribution in [-0.2, 0) is 0 Å². The van der Waals surface area contributed by atoms with E-state index in [1.165, 1.54) is 30.4 Å². The molecule has 2 heterocycles. The average molecular weight is 488 g/mol. The summed E-state index contributed by atoms with van der Waals surface area (Å²) in [6.07, 6.45) is 0.937. The fourth-order valence-corrected chi connectivity index (χ4v) is 3.64. The molecule has 0 aliphatic heterocycles. The van der Waals surface area contributed by atoms with E-state index in [0.717, 1.165) is 11.4 Å². The molecule has 0 spiro atoms. The summed E-state index contributed by atoms with van der Waals surface area (Å²) in [5, 5.41) is 22.4. The Labute approximate surface area is 195 Å². The molecule has 0 fully saturated rings. The van der Waals surface area contributed by atoms with Crippen LogP contribution >= 0.6 is 35.3 Å². The second-order valence-corrected chi connectivity index (χ2v) is 8.51. The van der Waals surface area contributed by atoms with E-state index in [1.807, 2.05) is 26.0 Å². The zero-order valence-electron chi connectivity index (χ0n) is 17.2. The van der Waals surface area contributed by atoms with Gasteiger partial charge in [-0.15, -0.1) is 22.6 Å². The van der Waals surface area contributed by atoms with Crippen molar-refractivity contribution in [1.82, 2.24) is 15.2 Å². The van der Waals surface area contributed by atoms with E-state index in [0.29, 0.717) is 15.6 Å². The van der Waals surface area contributed by atoms with E-state index in [1.54, 1.807) is 6.20 Å². The highest BCUT2D eigenvalue weighted by Gasteiger charge is 2.17. The average Bonchev–Trinajstić information content (AvgIpc) is 3.18. The lowest BCUT2D eigenvalue weighted by molar-refractivity contribution is 0.129. The van der Waals surface area contributed by atoms with Crippen LogP contribution in [0.15, 0.2) is 30.5 Å². The van der Waals surface area contributed by atoms with Crippen molar-refractivity contribution in [1.29, 1.82) is 0 Å². The lowest BCUT2D eigenvalue weighted by Crippen LogP contribution is -2.38. The number of ether oxygens (including phenoxy) is 1. The van der Waals surface area contributed by atoms with Gasteiger partial charge in [-0.2, -0.15) is 0 Å². The summed E-state index contributed by atoms with van der Waals surface area (Å²) >= 11 is 7.61. The number of aromatic nitrogens is 3. The molecule has 168 valence electrons. The summed E-state index contributed by atoms with van der Waals surface area (Å²) in [6, 6.07) is 6.03. The van der Waals surface area contributed by atoms with Gasteiger partial charge in [-0.3, -0.25) is 0 Å². The maximum absolute atomic E-state index is 14.5. The Morgan fingerprint density at radius 2 is 1.94 bits per heavy atom. The van der Waals surface area contributed by atoms with Crippen molar-refractivity contribution in [3.8, 4) is 26.9 Å². The highest BCUT2D eigenvalue weighted by Crippen LogP contribution is 2.37. The number of anilines is 1. The number of aliphatic hydroxyl groups excluding tert-OH is 1. The monoisotopic (exact) mass is 487 g/mol. The molecule has 0 aliphatic rings. The van der Waals surface area contributed by atoms with Crippen LogP contribution in [0.3, 0.4) is 0 Å². The molecule has 2 aromatic heterocycles. The first kappa shape index (κ1) is 25.2. The Morgan fingerprint density at radius 1 is 1.23 bits per heavy atom. The van der Waals surface area contributed by atoms with Gasteiger partial charge in [0.05, 0.1) is 17.2 Å². The van der Waals surface area contributed by atoms with Gasteiger partial charge in [0, 0.05) is 29.4 Å². The molecule has 31 heavy (non-hydrogen) atoms. The minimum Gasteiger partial charge on any atom is -0.489 e. The summed E-state index contributed by atoms with van der Waals surface area (Å²) in [4.78, 5) is 4.36. The Kier molecular flexibility index (Phi) is 8.96. The number of nitrogens with zero attached hydrogens (tertiary/aromatic N) is 3. The van der Waals surface area contributed by atoms with Gasteiger partial charge in [0.25, 0.3) is 0 Å². The number of nitrogens with two attached hydrogens (primary N) is 1. The van der Waals surface area contributed by atoms with Crippen molar-refractivity contribution in [2.75, 3.05) is 11.9 Å². The highest BCUT2D eigenvalue weighted by molar-refractivity contribution is 7.18. The van der Waals surface area contributed by atoms with Crippen LogP contribution in [-0.4, -0.2) is 45.1 Å². The second-order valence-electron chi connectivity index (χ2n) is 7.12. The van der Waals surface area contributed by atoms with Gasteiger partial charge in [-0.05, 0) is 39.0 Å². The Hall–Kier alpha value is -2.04.